The van der Waals surface area contributed by atoms with Crippen LogP contribution in [0.25, 0.3) is 16.7 Å². The van der Waals surface area contributed by atoms with Gasteiger partial charge >= 0.3 is 0 Å². The summed E-state index contributed by atoms with van der Waals surface area (Å²) in [6, 6.07) is 28.3. The Kier molecular flexibility index (Phi) is 4.48. The van der Waals surface area contributed by atoms with E-state index < -0.39 is 0 Å². The van der Waals surface area contributed by atoms with Crippen LogP contribution in [-0.4, -0.2) is 35.6 Å². The third-order valence-electron chi connectivity index (χ3n) is 6.69. The normalized spacial score (nSPS) is 19.3. The molecule has 0 fully saturated rings. The molecule has 1 heterocycles. The molecule has 1 aliphatic heterocycles. The van der Waals surface area contributed by atoms with Crippen molar-refractivity contribution in [3.63, 3.8) is 0 Å². The van der Waals surface area contributed by atoms with Crippen LogP contribution in [0.15, 0.2) is 84.4 Å². The van der Waals surface area contributed by atoms with Crippen LogP contribution >= 0.6 is 0 Å². The van der Waals surface area contributed by atoms with E-state index in [4.69, 9.17) is 4.74 Å². The van der Waals surface area contributed by atoms with Crippen molar-refractivity contribution in [2.75, 3.05) is 13.7 Å². The van der Waals surface area contributed by atoms with Gasteiger partial charge in [-0.3, -0.25) is 0 Å². The van der Waals surface area contributed by atoms with Crippen LogP contribution in [0.1, 0.15) is 37.5 Å². The van der Waals surface area contributed by atoms with Gasteiger partial charge in [0.2, 0.25) is 5.71 Å². The molecule has 0 radical (unpaired) electrons. The van der Waals surface area contributed by atoms with Crippen molar-refractivity contribution in [3.05, 3.63) is 101 Å². The van der Waals surface area contributed by atoms with E-state index in [-0.39, 0.29) is 11.6 Å². The third kappa shape index (κ3) is 2.64. The first-order chi connectivity index (χ1) is 14.6. The summed E-state index contributed by atoms with van der Waals surface area (Å²) in [7, 11) is 2.20. The van der Waals surface area contributed by atoms with Gasteiger partial charge in [0, 0.05) is 31.6 Å². The molecule has 0 saturated carbocycles. The molecule has 150 valence electrons. The van der Waals surface area contributed by atoms with Crippen molar-refractivity contribution in [1.82, 2.24) is 0 Å². The van der Waals surface area contributed by atoms with Crippen molar-refractivity contribution < 1.29 is 9.31 Å². The SMILES string of the molecule is CCOC1C(=C2c3ccccc3-c3ccccc32)C(c2ccccc2)=[N+](C)C1(C)C. The van der Waals surface area contributed by atoms with Gasteiger partial charge in [0.15, 0.2) is 11.6 Å². The Morgan fingerprint density at radius 3 is 1.80 bits per heavy atom. The Morgan fingerprint density at radius 1 is 0.767 bits per heavy atom. The van der Waals surface area contributed by atoms with Crippen LogP contribution in [0.2, 0.25) is 0 Å². The maximum absolute atomic E-state index is 6.47. The maximum Gasteiger partial charge on any atom is 0.214 e. The molecule has 30 heavy (non-hydrogen) atoms. The summed E-state index contributed by atoms with van der Waals surface area (Å²) in [6.07, 6.45) is -0.0167. The lowest BCUT2D eigenvalue weighted by Gasteiger charge is -2.24. The average molecular weight is 395 g/mol. The predicted molar refractivity (Wildman–Crippen MR) is 124 cm³/mol. The van der Waals surface area contributed by atoms with Crippen LogP contribution in [0, 0.1) is 0 Å². The van der Waals surface area contributed by atoms with E-state index in [0.29, 0.717) is 6.61 Å². The highest BCUT2D eigenvalue weighted by atomic mass is 16.5. The van der Waals surface area contributed by atoms with Crippen molar-refractivity contribution >= 4 is 11.3 Å². The van der Waals surface area contributed by atoms with E-state index in [0.717, 1.165) is 0 Å². The van der Waals surface area contributed by atoms with E-state index >= 15 is 0 Å². The van der Waals surface area contributed by atoms with E-state index in [1.54, 1.807) is 0 Å². The summed E-state index contributed by atoms with van der Waals surface area (Å²) in [6.45, 7) is 7.35. The Labute approximate surface area is 179 Å². The molecule has 1 aliphatic carbocycles. The number of hydrogen-bond donors (Lipinski definition) is 0. The van der Waals surface area contributed by atoms with Gasteiger partial charge in [-0.1, -0.05) is 66.7 Å². The largest absolute Gasteiger partial charge is 0.366 e. The van der Waals surface area contributed by atoms with Gasteiger partial charge in [-0.05, 0) is 41.3 Å². The summed E-state index contributed by atoms with van der Waals surface area (Å²) in [4.78, 5) is 0. The second kappa shape index (κ2) is 7.07. The molecule has 0 spiro atoms. The second-order valence-corrected chi connectivity index (χ2v) is 8.64. The molecule has 3 aromatic carbocycles. The predicted octanol–water partition coefficient (Wildman–Crippen LogP) is 5.80. The third-order valence-corrected chi connectivity index (χ3v) is 6.69. The monoisotopic (exact) mass is 394 g/mol. The zero-order valence-electron chi connectivity index (χ0n) is 18.1. The Balaban J connectivity index is 1.90. The summed E-state index contributed by atoms with van der Waals surface area (Å²) >= 11 is 0. The molecule has 3 aromatic rings. The fourth-order valence-corrected chi connectivity index (χ4v) is 5.08. The lowest BCUT2D eigenvalue weighted by Crippen LogP contribution is -2.42. The number of nitrogens with zero attached hydrogens (tertiary/aromatic N) is 1. The van der Waals surface area contributed by atoms with E-state index in [1.165, 1.54) is 44.7 Å². The molecule has 0 N–H and O–H groups in total. The quantitative estimate of drug-likeness (QED) is 0.400. The van der Waals surface area contributed by atoms with Crippen molar-refractivity contribution in [2.45, 2.75) is 32.4 Å². The highest BCUT2D eigenvalue weighted by molar-refractivity contribution is 6.20. The van der Waals surface area contributed by atoms with Crippen LogP contribution in [0.5, 0.6) is 0 Å². The Morgan fingerprint density at radius 2 is 1.27 bits per heavy atom. The molecule has 1 unspecified atom stereocenters. The number of hydrogen-bond acceptors (Lipinski definition) is 1. The first-order valence-corrected chi connectivity index (χ1v) is 10.8. The fourth-order valence-electron chi connectivity index (χ4n) is 5.08. The lowest BCUT2D eigenvalue weighted by atomic mass is 9.85. The minimum Gasteiger partial charge on any atom is -0.366 e. The van der Waals surface area contributed by atoms with Gasteiger partial charge in [-0.15, -0.1) is 0 Å². The standard InChI is InChI=1S/C28H28NO/c1-5-30-27-25(26(29(4)28(27,2)3)19-13-7-6-8-14-19)24-22-17-11-9-15-20(22)21-16-10-12-18-23(21)24/h6-18,27H,5H2,1-4H3/q+1. The summed E-state index contributed by atoms with van der Waals surface area (Å²) in [5.41, 5.74) is 10.2. The van der Waals surface area contributed by atoms with Crippen LogP contribution in [0.4, 0.5) is 0 Å². The summed E-state index contributed by atoms with van der Waals surface area (Å²) < 4.78 is 8.89. The Bertz CT molecular complexity index is 1140. The zero-order chi connectivity index (χ0) is 20.9. The summed E-state index contributed by atoms with van der Waals surface area (Å²) in [5, 5.41) is 0. The first-order valence-electron chi connectivity index (χ1n) is 10.8. The molecule has 0 amide bonds. The van der Waals surface area contributed by atoms with Crippen molar-refractivity contribution in [2.24, 2.45) is 0 Å². The van der Waals surface area contributed by atoms with E-state index in [9.17, 15) is 0 Å². The molecule has 0 aromatic heterocycles. The summed E-state index contributed by atoms with van der Waals surface area (Å²) in [5.74, 6) is 0. The van der Waals surface area contributed by atoms with Crippen LogP contribution in [0.3, 0.4) is 0 Å². The van der Waals surface area contributed by atoms with Gasteiger partial charge in [-0.2, -0.15) is 0 Å². The number of ether oxygens (including phenoxy) is 1. The topological polar surface area (TPSA) is 12.2 Å². The van der Waals surface area contributed by atoms with E-state index in [1.807, 2.05) is 0 Å². The Hall–Kier alpha value is -2.97. The molecule has 0 bridgehead atoms. The van der Waals surface area contributed by atoms with E-state index in [2.05, 4.69) is 111 Å². The number of rotatable bonds is 3. The van der Waals surface area contributed by atoms with Gasteiger partial charge in [-0.25, -0.2) is 4.58 Å². The van der Waals surface area contributed by atoms with Crippen molar-refractivity contribution in [3.8, 4) is 11.1 Å². The number of benzene rings is 3. The minimum atomic E-state index is -0.157. The van der Waals surface area contributed by atoms with Crippen LogP contribution in [-0.2, 0) is 4.74 Å². The number of likely N-dealkylation sites (N-methyl/N-ethyl adjacent to an activating group) is 1. The fraction of sp³-hybridized carbons (Fsp3) is 0.250. The molecular formula is C28H28NO+. The average Bonchev–Trinajstić information content (AvgIpc) is 3.19. The highest BCUT2D eigenvalue weighted by Gasteiger charge is 2.53. The van der Waals surface area contributed by atoms with Crippen molar-refractivity contribution in [1.29, 1.82) is 0 Å². The molecule has 5 rings (SSSR count). The van der Waals surface area contributed by atoms with Gasteiger partial charge in [0.25, 0.3) is 0 Å². The first kappa shape index (κ1) is 19.0. The zero-order valence-corrected chi connectivity index (χ0v) is 18.1. The molecule has 1 atom stereocenters. The smallest absolute Gasteiger partial charge is 0.214 e. The highest BCUT2D eigenvalue weighted by Crippen LogP contribution is 2.49. The molecular weight excluding hydrogens is 366 g/mol. The molecule has 2 aliphatic rings. The maximum atomic E-state index is 6.47. The second-order valence-electron chi connectivity index (χ2n) is 8.64. The van der Waals surface area contributed by atoms with Gasteiger partial charge in [0.1, 0.15) is 7.05 Å². The van der Waals surface area contributed by atoms with Gasteiger partial charge < -0.3 is 4.74 Å². The minimum absolute atomic E-state index is 0.0167. The van der Waals surface area contributed by atoms with Crippen LogP contribution < -0.4 is 0 Å². The molecule has 0 saturated heterocycles. The molecule has 2 heteroatoms. The van der Waals surface area contributed by atoms with Gasteiger partial charge in [0.05, 0.1) is 5.57 Å². The lowest BCUT2D eigenvalue weighted by molar-refractivity contribution is -0.575. The molecule has 2 nitrogen and oxygen atoms in total. The number of fused-ring (bicyclic) bond motifs is 3.